The van der Waals surface area contributed by atoms with Crippen molar-refractivity contribution in [3.63, 3.8) is 0 Å². The van der Waals surface area contributed by atoms with Gasteiger partial charge in [0, 0.05) is 17.3 Å². The molecule has 0 saturated heterocycles. The summed E-state index contributed by atoms with van der Waals surface area (Å²) in [5.41, 5.74) is 2.89. The van der Waals surface area contributed by atoms with E-state index in [1.807, 2.05) is 31.2 Å². The maximum atomic E-state index is 12.4. The molecule has 0 saturated carbocycles. The molecule has 144 valence electrons. The number of amides is 1. The van der Waals surface area contributed by atoms with Crippen molar-refractivity contribution < 1.29 is 9.53 Å². The van der Waals surface area contributed by atoms with Crippen molar-refractivity contribution in [3.8, 4) is 5.75 Å². The van der Waals surface area contributed by atoms with E-state index < -0.39 is 0 Å². The Kier molecular flexibility index (Phi) is 6.45. The van der Waals surface area contributed by atoms with Gasteiger partial charge in [0.25, 0.3) is 5.91 Å². The molecule has 2 aromatic carbocycles. The second-order valence-electron chi connectivity index (χ2n) is 6.18. The number of nitrogens with zero attached hydrogens (tertiary/aromatic N) is 2. The van der Waals surface area contributed by atoms with E-state index in [9.17, 15) is 4.79 Å². The van der Waals surface area contributed by atoms with Crippen LogP contribution in [0.15, 0.2) is 54.9 Å². The summed E-state index contributed by atoms with van der Waals surface area (Å²) < 4.78 is 5.15. The highest BCUT2D eigenvalue weighted by atomic mass is 35.5. The van der Waals surface area contributed by atoms with Gasteiger partial charge in [-0.2, -0.15) is 0 Å². The quantitative estimate of drug-likeness (QED) is 0.620. The van der Waals surface area contributed by atoms with Crippen molar-refractivity contribution in [1.29, 1.82) is 0 Å². The maximum absolute atomic E-state index is 12.4. The van der Waals surface area contributed by atoms with Crippen LogP contribution in [-0.2, 0) is 6.42 Å². The van der Waals surface area contributed by atoms with Gasteiger partial charge in [0.2, 0.25) is 0 Å². The van der Waals surface area contributed by atoms with E-state index in [1.165, 1.54) is 11.8 Å². The van der Waals surface area contributed by atoms with E-state index in [0.29, 0.717) is 23.1 Å². The molecule has 2 N–H and O–H groups in total. The lowest BCUT2D eigenvalue weighted by Crippen LogP contribution is -2.15. The molecule has 1 aromatic heterocycles. The number of carbonyl (C=O) groups excluding carboxylic acids is 1. The second kappa shape index (κ2) is 9.19. The van der Waals surface area contributed by atoms with E-state index in [1.54, 1.807) is 31.5 Å². The first-order chi connectivity index (χ1) is 13.6. The molecule has 0 atom stereocenters. The molecule has 0 aliphatic rings. The van der Waals surface area contributed by atoms with E-state index >= 15 is 0 Å². The number of hydrogen-bond acceptors (Lipinski definition) is 5. The molecule has 1 heterocycles. The van der Waals surface area contributed by atoms with Gasteiger partial charge in [0.1, 0.15) is 17.3 Å². The summed E-state index contributed by atoms with van der Waals surface area (Å²) >= 11 is 6.08. The first kappa shape index (κ1) is 19.6. The van der Waals surface area contributed by atoms with Crippen molar-refractivity contribution in [3.05, 3.63) is 76.7 Å². The summed E-state index contributed by atoms with van der Waals surface area (Å²) in [6.45, 7) is 2.55. The minimum Gasteiger partial charge on any atom is -0.497 e. The average Bonchev–Trinajstić information content (AvgIpc) is 2.72. The molecule has 0 aliphatic heterocycles. The Morgan fingerprint density at radius 3 is 2.57 bits per heavy atom. The zero-order valence-corrected chi connectivity index (χ0v) is 16.5. The zero-order valence-electron chi connectivity index (χ0n) is 15.7. The number of halogens is 1. The van der Waals surface area contributed by atoms with E-state index in [-0.39, 0.29) is 11.6 Å². The standard InChI is InChI=1S/C21H21ClN4O2/c1-14-17(22)4-3-5-18(14)26-21(27)19-12-25-20(13-24-19)23-11-10-15-6-8-16(28-2)9-7-15/h3-9,12-13H,10-11H2,1-2H3,(H,23,25)(H,26,27). The first-order valence-electron chi connectivity index (χ1n) is 8.82. The van der Waals surface area contributed by atoms with Crippen molar-refractivity contribution in [2.24, 2.45) is 0 Å². The van der Waals surface area contributed by atoms with Crippen LogP contribution in [0.3, 0.4) is 0 Å². The summed E-state index contributed by atoms with van der Waals surface area (Å²) in [6.07, 6.45) is 3.83. The molecule has 6 nitrogen and oxygen atoms in total. The summed E-state index contributed by atoms with van der Waals surface area (Å²) in [5, 5.41) is 6.60. The molecule has 3 rings (SSSR count). The van der Waals surface area contributed by atoms with Gasteiger partial charge in [-0.15, -0.1) is 0 Å². The van der Waals surface area contributed by atoms with E-state index in [4.69, 9.17) is 16.3 Å². The van der Waals surface area contributed by atoms with Crippen LogP contribution in [0.5, 0.6) is 5.75 Å². The summed E-state index contributed by atoms with van der Waals surface area (Å²) in [5.74, 6) is 1.12. The number of methoxy groups -OCH3 is 1. The van der Waals surface area contributed by atoms with Crippen LogP contribution in [-0.4, -0.2) is 29.5 Å². The molecular weight excluding hydrogens is 376 g/mol. The number of hydrogen-bond donors (Lipinski definition) is 2. The van der Waals surface area contributed by atoms with Gasteiger partial charge < -0.3 is 15.4 Å². The van der Waals surface area contributed by atoms with Gasteiger partial charge in [0.15, 0.2) is 0 Å². The van der Waals surface area contributed by atoms with Crippen LogP contribution < -0.4 is 15.4 Å². The first-order valence-corrected chi connectivity index (χ1v) is 9.20. The molecule has 0 aliphatic carbocycles. The largest absolute Gasteiger partial charge is 0.497 e. The lowest BCUT2D eigenvalue weighted by molar-refractivity contribution is 0.102. The smallest absolute Gasteiger partial charge is 0.275 e. The van der Waals surface area contributed by atoms with Crippen LogP contribution in [0.2, 0.25) is 5.02 Å². The van der Waals surface area contributed by atoms with Gasteiger partial charge >= 0.3 is 0 Å². The summed E-state index contributed by atoms with van der Waals surface area (Å²) in [4.78, 5) is 20.8. The predicted octanol–water partition coefficient (Wildman–Crippen LogP) is 4.35. The van der Waals surface area contributed by atoms with Gasteiger partial charge in [-0.3, -0.25) is 4.79 Å². The maximum Gasteiger partial charge on any atom is 0.275 e. The van der Waals surface area contributed by atoms with Gasteiger partial charge in [0.05, 0.1) is 19.5 Å². The van der Waals surface area contributed by atoms with Crippen molar-refractivity contribution in [2.75, 3.05) is 24.3 Å². The van der Waals surface area contributed by atoms with Gasteiger partial charge in [-0.05, 0) is 48.7 Å². The van der Waals surface area contributed by atoms with E-state index in [2.05, 4.69) is 20.6 Å². The number of rotatable bonds is 7. The summed E-state index contributed by atoms with van der Waals surface area (Å²) in [6, 6.07) is 13.3. The van der Waals surface area contributed by atoms with Crippen molar-refractivity contribution >= 4 is 29.0 Å². The number of ether oxygens (including phenoxy) is 1. The molecule has 1 amide bonds. The molecule has 7 heteroatoms. The van der Waals surface area contributed by atoms with Crippen LogP contribution in [0.1, 0.15) is 21.6 Å². The Morgan fingerprint density at radius 2 is 1.89 bits per heavy atom. The zero-order chi connectivity index (χ0) is 19.9. The van der Waals surface area contributed by atoms with Crippen molar-refractivity contribution in [2.45, 2.75) is 13.3 Å². The molecule has 0 unspecified atom stereocenters. The van der Waals surface area contributed by atoms with Crippen LogP contribution in [0.25, 0.3) is 0 Å². The van der Waals surface area contributed by atoms with Crippen LogP contribution >= 0.6 is 11.6 Å². The fourth-order valence-electron chi connectivity index (χ4n) is 2.59. The number of benzene rings is 2. The SMILES string of the molecule is COc1ccc(CCNc2cnc(C(=O)Nc3cccc(Cl)c3C)cn2)cc1. The Labute approximate surface area is 168 Å². The topological polar surface area (TPSA) is 76.1 Å². The Morgan fingerprint density at radius 1 is 1.11 bits per heavy atom. The second-order valence-corrected chi connectivity index (χ2v) is 6.59. The highest BCUT2D eigenvalue weighted by Crippen LogP contribution is 2.23. The van der Waals surface area contributed by atoms with Crippen LogP contribution in [0, 0.1) is 6.92 Å². The Bertz CT molecular complexity index is 944. The fourth-order valence-corrected chi connectivity index (χ4v) is 2.77. The highest BCUT2D eigenvalue weighted by molar-refractivity contribution is 6.31. The minimum atomic E-state index is -0.331. The third-order valence-corrected chi connectivity index (χ3v) is 4.69. The molecule has 3 aromatic rings. The highest BCUT2D eigenvalue weighted by Gasteiger charge is 2.11. The number of carbonyl (C=O) groups is 1. The van der Waals surface area contributed by atoms with E-state index in [0.717, 1.165) is 17.7 Å². The average molecular weight is 397 g/mol. The molecule has 28 heavy (non-hydrogen) atoms. The lowest BCUT2D eigenvalue weighted by Gasteiger charge is -2.09. The fraction of sp³-hybridized carbons (Fsp3) is 0.190. The third kappa shape index (κ3) is 4.98. The predicted molar refractivity (Wildman–Crippen MR) is 111 cm³/mol. The minimum absolute atomic E-state index is 0.236. The molecule has 0 bridgehead atoms. The Hall–Kier alpha value is -3.12. The molecule has 0 fully saturated rings. The third-order valence-electron chi connectivity index (χ3n) is 4.28. The Balaban J connectivity index is 1.53. The van der Waals surface area contributed by atoms with Crippen LogP contribution in [0.4, 0.5) is 11.5 Å². The van der Waals surface area contributed by atoms with Gasteiger partial charge in [-0.25, -0.2) is 9.97 Å². The molecular formula is C21H21ClN4O2. The monoisotopic (exact) mass is 396 g/mol. The van der Waals surface area contributed by atoms with Crippen molar-refractivity contribution in [1.82, 2.24) is 9.97 Å². The number of anilines is 2. The lowest BCUT2D eigenvalue weighted by atomic mass is 10.1. The molecule has 0 spiro atoms. The number of nitrogens with one attached hydrogen (secondary N) is 2. The number of aromatic nitrogens is 2. The summed E-state index contributed by atoms with van der Waals surface area (Å²) in [7, 11) is 1.65. The van der Waals surface area contributed by atoms with Gasteiger partial charge in [-0.1, -0.05) is 29.8 Å². The normalized spacial score (nSPS) is 10.4. The molecule has 0 radical (unpaired) electrons.